The van der Waals surface area contributed by atoms with E-state index in [1.54, 1.807) is 6.92 Å². The van der Waals surface area contributed by atoms with Gasteiger partial charge in [-0.3, -0.25) is 4.79 Å². The van der Waals surface area contributed by atoms with Crippen LogP contribution in [0.3, 0.4) is 0 Å². The molecule has 1 unspecified atom stereocenters. The number of hydrogen-bond donors (Lipinski definition) is 0. The first-order chi connectivity index (χ1) is 6.66. The topological polar surface area (TPSA) is 17.1 Å². The molecule has 1 nitrogen and oxygen atoms in total. The van der Waals surface area contributed by atoms with Gasteiger partial charge < -0.3 is 0 Å². The summed E-state index contributed by atoms with van der Waals surface area (Å²) in [6, 6.07) is 0. The third-order valence-corrected chi connectivity index (χ3v) is 3.94. The van der Waals surface area contributed by atoms with Crippen molar-refractivity contribution in [2.75, 3.05) is 0 Å². The van der Waals surface area contributed by atoms with Crippen LogP contribution in [0.25, 0.3) is 0 Å². The largest absolute Gasteiger partial charge is 0.300 e. The summed E-state index contributed by atoms with van der Waals surface area (Å²) in [6.45, 7) is 14.9. The molecule has 0 aliphatic heterocycles. The molecule has 90 valence electrons. The van der Waals surface area contributed by atoms with Gasteiger partial charge in [-0.25, -0.2) is 0 Å². The molecule has 0 aromatic carbocycles. The van der Waals surface area contributed by atoms with Crippen molar-refractivity contribution in [2.24, 2.45) is 11.8 Å². The molecule has 0 radical (unpaired) electrons. The highest BCUT2D eigenvalue weighted by Crippen LogP contribution is 2.39. The highest BCUT2D eigenvalue weighted by atomic mass is 32.2. The molecule has 0 spiro atoms. The molecule has 0 heterocycles. The fourth-order valence-electron chi connectivity index (χ4n) is 2.10. The summed E-state index contributed by atoms with van der Waals surface area (Å²) >= 11 is 1.91. The number of Topliss-reactive ketones (excluding diaryl/α,β-unsaturated/α-hetero) is 1. The van der Waals surface area contributed by atoms with E-state index in [2.05, 4.69) is 41.5 Å². The van der Waals surface area contributed by atoms with Gasteiger partial charge in [-0.05, 0) is 38.4 Å². The lowest BCUT2D eigenvalue weighted by Crippen LogP contribution is -2.35. The Morgan fingerprint density at radius 3 is 1.93 bits per heavy atom. The van der Waals surface area contributed by atoms with Gasteiger partial charge >= 0.3 is 0 Å². The summed E-state index contributed by atoms with van der Waals surface area (Å²) in [6.07, 6.45) is 1.00. The van der Waals surface area contributed by atoms with Crippen molar-refractivity contribution in [3.05, 3.63) is 0 Å². The first kappa shape index (κ1) is 15.0. The maximum atomic E-state index is 11.7. The number of ketones is 1. The Morgan fingerprint density at radius 2 is 1.67 bits per heavy atom. The molecule has 0 saturated carbocycles. The highest BCUT2D eigenvalue weighted by molar-refractivity contribution is 8.01. The first-order valence-electron chi connectivity index (χ1n) is 5.85. The fourth-order valence-corrected chi connectivity index (χ4v) is 3.74. The van der Waals surface area contributed by atoms with E-state index in [1.807, 2.05) is 11.8 Å². The second-order valence-corrected chi connectivity index (χ2v) is 7.79. The molecule has 2 heteroatoms. The molecule has 0 aromatic heterocycles. The predicted molar refractivity (Wildman–Crippen MR) is 70.4 cm³/mol. The van der Waals surface area contributed by atoms with Crippen molar-refractivity contribution in [2.45, 2.75) is 64.9 Å². The molecule has 0 aliphatic rings. The van der Waals surface area contributed by atoms with Crippen LogP contribution >= 0.6 is 11.8 Å². The van der Waals surface area contributed by atoms with E-state index in [0.29, 0.717) is 17.0 Å². The summed E-state index contributed by atoms with van der Waals surface area (Å²) in [5, 5.41) is 0.578. The highest BCUT2D eigenvalue weighted by Gasteiger charge is 2.34. The van der Waals surface area contributed by atoms with Gasteiger partial charge in [0.05, 0.1) is 0 Å². The second-order valence-electron chi connectivity index (χ2n) is 5.56. The number of carbonyl (C=O) groups excluding carboxylic acids is 1. The van der Waals surface area contributed by atoms with E-state index in [9.17, 15) is 4.79 Å². The maximum Gasteiger partial charge on any atom is 0.134 e. The van der Waals surface area contributed by atoms with Gasteiger partial charge in [-0.15, -0.1) is 0 Å². The van der Waals surface area contributed by atoms with Crippen LogP contribution in [0, 0.1) is 11.8 Å². The SMILES string of the molecule is CC(=O)C(CC(C)C)C(C)(C)SC(C)C. The molecule has 0 fully saturated rings. The number of thioether (sulfide) groups is 1. The summed E-state index contributed by atoms with van der Waals surface area (Å²) in [4.78, 5) is 11.7. The second kappa shape index (κ2) is 5.93. The zero-order valence-electron chi connectivity index (χ0n) is 11.3. The Kier molecular flexibility index (Phi) is 5.94. The van der Waals surface area contributed by atoms with Crippen molar-refractivity contribution < 1.29 is 4.79 Å². The van der Waals surface area contributed by atoms with Gasteiger partial charge in [0, 0.05) is 10.7 Å². The molecular weight excluding hydrogens is 204 g/mol. The van der Waals surface area contributed by atoms with Gasteiger partial charge in [0.2, 0.25) is 0 Å². The van der Waals surface area contributed by atoms with E-state index in [4.69, 9.17) is 0 Å². The summed E-state index contributed by atoms with van der Waals surface area (Å²) < 4.78 is 0.0598. The monoisotopic (exact) mass is 230 g/mol. The quantitative estimate of drug-likeness (QED) is 0.681. The summed E-state index contributed by atoms with van der Waals surface area (Å²) in [7, 11) is 0. The lowest BCUT2D eigenvalue weighted by Gasteiger charge is -2.34. The molecule has 0 rings (SSSR count). The Bertz CT molecular complexity index is 207. The maximum absolute atomic E-state index is 11.7. The molecule has 15 heavy (non-hydrogen) atoms. The molecular formula is C13H26OS. The minimum absolute atomic E-state index is 0.0598. The minimum Gasteiger partial charge on any atom is -0.300 e. The molecule has 0 aromatic rings. The van der Waals surface area contributed by atoms with Crippen molar-refractivity contribution in [1.29, 1.82) is 0 Å². The lowest BCUT2D eigenvalue weighted by atomic mass is 9.84. The summed E-state index contributed by atoms with van der Waals surface area (Å²) in [5.41, 5.74) is 0. The third-order valence-electron chi connectivity index (χ3n) is 2.58. The zero-order valence-corrected chi connectivity index (χ0v) is 12.1. The van der Waals surface area contributed by atoms with E-state index in [0.717, 1.165) is 6.42 Å². The van der Waals surface area contributed by atoms with Crippen LogP contribution in [-0.2, 0) is 4.79 Å². The predicted octanol–water partition coefficient (Wildman–Crippen LogP) is 4.16. The van der Waals surface area contributed by atoms with Gasteiger partial charge in [-0.2, -0.15) is 11.8 Å². The van der Waals surface area contributed by atoms with Crippen LogP contribution in [0.5, 0.6) is 0 Å². The standard InChI is InChI=1S/C13H26OS/c1-9(2)8-12(11(5)14)13(6,7)15-10(3)4/h9-10,12H,8H2,1-7H3. The molecule has 0 bridgehead atoms. The molecule has 0 amide bonds. The minimum atomic E-state index is 0.0598. The number of rotatable bonds is 6. The Morgan fingerprint density at radius 1 is 1.20 bits per heavy atom. The van der Waals surface area contributed by atoms with Gasteiger partial charge in [-0.1, -0.05) is 27.7 Å². The normalized spacial score (nSPS) is 14.7. The van der Waals surface area contributed by atoms with Crippen molar-refractivity contribution in [3.8, 4) is 0 Å². The fraction of sp³-hybridized carbons (Fsp3) is 0.923. The third kappa shape index (κ3) is 5.60. The van der Waals surface area contributed by atoms with Gasteiger partial charge in [0.1, 0.15) is 5.78 Å². The smallest absolute Gasteiger partial charge is 0.134 e. The molecule has 1 atom stereocenters. The van der Waals surface area contributed by atoms with Crippen LogP contribution < -0.4 is 0 Å². The van der Waals surface area contributed by atoms with Crippen LogP contribution in [-0.4, -0.2) is 15.8 Å². The van der Waals surface area contributed by atoms with Crippen LogP contribution in [0.2, 0.25) is 0 Å². The Hall–Kier alpha value is 0.0200. The van der Waals surface area contributed by atoms with Crippen LogP contribution in [0.15, 0.2) is 0 Å². The lowest BCUT2D eigenvalue weighted by molar-refractivity contribution is -0.121. The van der Waals surface area contributed by atoms with Crippen LogP contribution in [0.1, 0.15) is 54.9 Å². The summed E-state index contributed by atoms with van der Waals surface area (Å²) in [5.74, 6) is 1.11. The molecule has 0 aliphatic carbocycles. The number of carbonyl (C=O) groups is 1. The van der Waals surface area contributed by atoms with E-state index < -0.39 is 0 Å². The molecule has 0 N–H and O–H groups in total. The molecule has 0 saturated heterocycles. The van der Waals surface area contributed by atoms with Crippen molar-refractivity contribution in [1.82, 2.24) is 0 Å². The van der Waals surface area contributed by atoms with Crippen LogP contribution in [0.4, 0.5) is 0 Å². The van der Waals surface area contributed by atoms with Crippen molar-refractivity contribution >= 4 is 17.5 Å². The van der Waals surface area contributed by atoms with Gasteiger partial charge in [0.25, 0.3) is 0 Å². The average molecular weight is 230 g/mol. The van der Waals surface area contributed by atoms with E-state index >= 15 is 0 Å². The zero-order chi connectivity index (χ0) is 12.2. The average Bonchev–Trinajstić information content (AvgIpc) is 1.96. The van der Waals surface area contributed by atoms with Gasteiger partial charge in [0.15, 0.2) is 0 Å². The number of hydrogen-bond acceptors (Lipinski definition) is 2. The van der Waals surface area contributed by atoms with E-state index in [1.165, 1.54) is 0 Å². The first-order valence-corrected chi connectivity index (χ1v) is 6.73. The van der Waals surface area contributed by atoms with Crippen molar-refractivity contribution in [3.63, 3.8) is 0 Å². The Balaban J connectivity index is 4.65. The Labute approximate surface area is 99.4 Å². The van der Waals surface area contributed by atoms with E-state index in [-0.39, 0.29) is 10.7 Å².